The minimum absolute atomic E-state index is 0.0804. The van der Waals surface area contributed by atoms with Crippen LogP contribution >= 0.6 is 11.8 Å². The third-order valence-corrected chi connectivity index (χ3v) is 3.02. The van der Waals surface area contributed by atoms with Crippen LogP contribution in [0.25, 0.3) is 0 Å². The maximum atomic E-state index is 11.6. The summed E-state index contributed by atoms with van der Waals surface area (Å²) in [7, 11) is 2.96. The van der Waals surface area contributed by atoms with E-state index in [0.717, 1.165) is 16.3 Å². The van der Waals surface area contributed by atoms with Gasteiger partial charge in [0.05, 0.1) is 0 Å². The lowest BCUT2D eigenvalue weighted by molar-refractivity contribution is 0.665. The second kappa shape index (κ2) is 5.54. The number of aliphatic imine (C=N–C) groups is 1. The Balaban J connectivity index is 2.94. The van der Waals surface area contributed by atoms with E-state index in [9.17, 15) is 9.59 Å². The molecule has 98 valence electrons. The molecule has 1 aromatic rings. The van der Waals surface area contributed by atoms with E-state index in [2.05, 4.69) is 4.99 Å². The number of rotatable bonds is 2. The number of nitrogens with zero attached hydrogens (tertiary/aromatic N) is 3. The van der Waals surface area contributed by atoms with Gasteiger partial charge in [-0.05, 0) is 0 Å². The summed E-state index contributed by atoms with van der Waals surface area (Å²) >= 11 is 1.02. The average Bonchev–Trinajstić information content (AvgIpc) is 2.28. The quantitative estimate of drug-likeness (QED) is 0.445. The van der Waals surface area contributed by atoms with Crippen LogP contribution in [0.15, 0.2) is 20.6 Å². The van der Waals surface area contributed by atoms with E-state index in [1.54, 1.807) is 7.05 Å². The Morgan fingerprint density at radius 3 is 2.56 bits per heavy atom. The van der Waals surface area contributed by atoms with Crippen LogP contribution in [0, 0.1) is 5.41 Å². The van der Waals surface area contributed by atoms with Crippen LogP contribution in [-0.4, -0.2) is 20.3 Å². The lowest BCUT2D eigenvalue weighted by atomic mass is 10.4. The number of hydrogen-bond acceptors (Lipinski definition) is 4. The average molecular weight is 270 g/mol. The van der Waals surface area contributed by atoms with Gasteiger partial charge in [-0.2, -0.15) is 4.99 Å². The number of hydrogen-bond donors (Lipinski definition) is 3. The molecule has 1 rings (SSSR count). The molecule has 0 bridgehead atoms. The zero-order chi connectivity index (χ0) is 13.9. The van der Waals surface area contributed by atoms with E-state index in [0.29, 0.717) is 5.69 Å². The number of thioether (sulfide) groups is 1. The number of aromatic nitrogens is 2. The minimum atomic E-state index is -0.411. The van der Waals surface area contributed by atoms with Crippen molar-refractivity contribution in [2.24, 2.45) is 30.6 Å². The van der Waals surface area contributed by atoms with Crippen LogP contribution in [-0.2, 0) is 19.8 Å². The van der Waals surface area contributed by atoms with Crippen molar-refractivity contribution in [2.75, 3.05) is 0 Å². The zero-order valence-electron chi connectivity index (χ0n) is 10.0. The third kappa shape index (κ3) is 3.23. The summed E-state index contributed by atoms with van der Waals surface area (Å²) in [4.78, 5) is 26.6. The van der Waals surface area contributed by atoms with Gasteiger partial charge in [-0.3, -0.25) is 19.3 Å². The molecule has 5 N–H and O–H groups in total. The van der Waals surface area contributed by atoms with Crippen molar-refractivity contribution in [3.63, 3.8) is 0 Å². The van der Waals surface area contributed by atoms with Gasteiger partial charge < -0.3 is 11.5 Å². The largest absolute Gasteiger partial charge is 0.370 e. The predicted octanol–water partition coefficient (Wildman–Crippen LogP) is -1.47. The molecular weight excluding hydrogens is 256 g/mol. The molecule has 0 saturated heterocycles. The highest BCUT2D eigenvalue weighted by atomic mass is 32.2. The molecule has 0 atom stereocenters. The Morgan fingerprint density at radius 2 is 2.00 bits per heavy atom. The van der Waals surface area contributed by atoms with Crippen molar-refractivity contribution in [3.05, 3.63) is 32.6 Å². The van der Waals surface area contributed by atoms with E-state index in [1.165, 1.54) is 17.7 Å². The first-order valence-corrected chi connectivity index (χ1v) is 5.88. The molecule has 0 radical (unpaired) electrons. The fourth-order valence-electron chi connectivity index (χ4n) is 1.21. The number of nitrogens with two attached hydrogens (primary N) is 2. The molecule has 1 aromatic heterocycles. The fraction of sp³-hybridized carbons (Fsp3) is 0.333. The first-order chi connectivity index (χ1) is 8.32. The van der Waals surface area contributed by atoms with Crippen LogP contribution in [0.5, 0.6) is 0 Å². The molecule has 9 heteroatoms. The van der Waals surface area contributed by atoms with Crippen molar-refractivity contribution in [2.45, 2.75) is 5.75 Å². The lowest BCUT2D eigenvalue weighted by Gasteiger charge is -2.08. The summed E-state index contributed by atoms with van der Waals surface area (Å²) in [6, 6.07) is 1.34. The first-order valence-electron chi connectivity index (χ1n) is 4.90. The zero-order valence-corrected chi connectivity index (χ0v) is 10.8. The van der Waals surface area contributed by atoms with Gasteiger partial charge in [0.15, 0.2) is 11.1 Å². The molecule has 0 aliphatic heterocycles. The normalized spacial score (nSPS) is 10.1. The first kappa shape index (κ1) is 14.0. The van der Waals surface area contributed by atoms with Crippen LogP contribution in [0.3, 0.4) is 0 Å². The van der Waals surface area contributed by atoms with Gasteiger partial charge >= 0.3 is 5.69 Å². The highest BCUT2D eigenvalue weighted by Gasteiger charge is 2.07. The van der Waals surface area contributed by atoms with Crippen molar-refractivity contribution in [1.29, 1.82) is 5.41 Å². The molecule has 0 aliphatic carbocycles. The van der Waals surface area contributed by atoms with E-state index in [4.69, 9.17) is 16.9 Å². The van der Waals surface area contributed by atoms with Gasteiger partial charge in [-0.1, -0.05) is 11.8 Å². The van der Waals surface area contributed by atoms with E-state index in [1.807, 2.05) is 0 Å². The Kier molecular flexibility index (Phi) is 4.32. The smallest absolute Gasteiger partial charge is 0.330 e. The van der Waals surface area contributed by atoms with E-state index < -0.39 is 5.69 Å². The highest BCUT2D eigenvalue weighted by Crippen LogP contribution is 2.10. The summed E-state index contributed by atoms with van der Waals surface area (Å²) in [5.74, 6) is 0.0580. The van der Waals surface area contributed by atoms with Gasteiger partial charge in [0.1, 0.15) is 0 Å². The van der Waals surface area contributed by atoms with E-state index >= 15 is 0 Å². The van der Waals surface area contributed by atoms with Gasteiger partial charge in [-0.15, -0.1) is 0 Å². The van der Waals surface area contributed by atoms with Crippen LogP contribution in [0.2, 0.25) is 0 Å². The summed E-state index contributed by atoms with van der Waals surface area (Å²) in [5.41, 5.74) is 9.96. The molecule has 1 heterocycles. The number of guanidine groups is 1. The summed E-state index contributed by atoms with van der Waals surface area (Å²) in [6.45, 7) is 0. The van der Waals surface area contributed by atoms with Crippen LogP contribution < -0.4 is 22.7 Å². The molecule has 0 fully saturated rings. The molecule has 18 heavy (non-hydrogen) atoms. The Hall–Kier alpha value is -2.03. The molecule has 0 amide bonds. The van der Waals surface area contributed by atoms with Gasteiger partial charge in [0.2, 0.25) is 0 Å². The Bertz CT molecular complexity index is 610. The maximum absolute atomic E-state index is 11.6. The van der Waals surface area contributed by atoms with Crippen molar-refractivity contribution in [3.8, 4) is 0 Å². The molecular formula is C9H14N6O2S. The summed E-state index contributed by atoms with van der Waals surface area (Å²) in [5, 5.41) is 7.35. The fourth-order valence-corrected chi connectivity index (χ4v) is 1.94. The second-order valence-corrected chi connectivity index (χ2v) is 4.47. The number of amidine groups is 1. The van der Waals surface area contributed by atoms with Gasteiger partial charge in [-0.25, -0.2) is 4.79 Å². The standard InChI is InChI=1S/C9H14N6O2S/c1-14-5(3-6(16)15(2)9(14)17)4-18-8(12)13-7(10)11/h3H,4H2,1-2H3,(H5,10,11,12,13). The topological polar surface area (TPSA) is 132 Å². The summed E-state index contributed by atoms with van der Waals surface area (Å²) in [6.07, 6.45) is 0. The Labute approximate surface area is 107 Å². The van der Waals surface area contributed by atoms with Crippen molar-refractivity contribution >= 4 is 22.9 Å². The highest BCUT2D eigenvalue weighted by molar-refractivity contribution is 8.13. The molecule has 0 unspecified atom stereocenters. The van der Waals surface area contributed by atoms with Crippen LogP contribution in [0.4, 0.5) is 0 Å². The van der Waals surface area contributed by atoms with Crippen LogP contribution in [0.1, 0.15) is 5.69 Å². The molecule has 0 saturated carbocycles. The molecule has 0 aliphatic rings. The minimum Gasteiger partial charge on any atom is -0.370 e. The van der Waals surface area contributed by atoms with Gasteiger partial charge in [0, 0.05) is 31.6 Å². The third-order valence-electron chi connectivity index (χ3n) is 2.21. The van der Waals surface area contributed by atoms with Gasteiger partial charge in [0.25, 0.3) is 5.56 Å². The summed E-state index contributed by atoms with van der Waals surface area (Å²) < 4.78 is 2.35. The molecule has 8 nitrogen and oxygen atoms in total. The Morgan fingerprint density at radius 1 is 1.39 bits per heavy atom. The maximum Gasteiger partial charge on any atom is 0.330 e. The molecule has 0 spiro atoms. The lowest BCUT2D eigenvalue weighted by Crippen LogP contribution is -2.37. The van der Waals surface area contributed by atoms with Crippen molar-refractivity contribution in [1.82, 2.24) is 9.13 Å². The number of nitrogens with one attached hydrogen (secondary N) is 1. The van der Waals surface area contributed by atoms with E-state index in [-0.39, 0.29) is 22.4 Å². The predicted molar refractivity (Wildman–Crippen MR) is 71.8 cm³/mol. The van der Waals surface area contributed by atoms with Crippen molar-refractivity contribution < 1.29 is 0 Å². The SMILES string of the molecule is Cn1c(CSC(=N)N=C(N)N)cc(=O)n(C)c1=O. The monoisotopic (exact) mass is 270 g/mol. The second-order valence-electron chi connectivity index (χ2n) is 3.51. The molecule has 0 aromatic carbocycles.